The Balaban J connectivity index is 1.95. The number of hydrogen-bond acceptors (Lipinski definition) is 4. The lowest BCUT2D eigenvalue weighted by molar-refractivity contribution is -0.133. The first-order valence-corrected chi connectivity index (χ1v) is 10.7. The van der Waals surface area contributed by atoms with E-state index in [1.54, 1.807) is 13.8 Å². The second kappa shape index (κ2) is 8.65. The molecule has 1 heterocycles. The zero-order valence-corrected chi connectivity index (χ0v) is 19.4. The topological polar surface area (TPSA) is 95.9 Å². The third-order valence-corrected chi connectivity index (χ3v) is 5.56. The van der Waals surface area contributed by atoms with Crippen molar-refractivity contribution in [3.05, 3.63) is 53.1 Å². The highest BCUT2D eigenvalue weighted by Gasteiger charge is 2.42. The lowest BCUT2D eigenvalue weighted by atomic mass is 9.92. The van der Waals surface area contributed by atoms with Gasteiger partial charge < -0.3 is 15.2 Å². The lowest BCUT2D eigenvalue weighted by Crippen LogP contribution is -2.54. The summed E-state index contributed by atoms with van der Waals surface area (Å²) in [7, 11) is 0. The van der Waals surface area contributed by atoms with Crippen molar-refractivity contribution in [1.82, 2.24) is 0 Å². The molecule has 0 fully saturated rings. The largest absolute Gasteiger partial charge is 0.478 e. The molecule has 0 aliphatic carbocycles. The van der Waals surface area contributed by atoms with Crippen LogP contribution < -0.4 is 15.0 Å². The van der Waals surface area contributed by atoms with Crippen LogP contribution in [0.25, 0.3) is 0 Å². The molecule has 0 spiro atoms. The molecule has 0 bridgehead atoms. The summed E-state index contributed by atoms with van der Waals surface area (Å²) >= 11 is 0. The van der Waals surface area contributed by atoms with Gasteiger partial charge in [-0.3, -0.25) is 14.5 Å². The standard InChI is InChI=1S/C25H30N2O5/c1-14(2)17-8-7-9-18(15(3)4)22(17)26-21(28)13-27-19-11-10-16(23(29)30)12-20(19)32-25(5,6)24(27)31/h7-12,14-15H,13H2,1-6H3,(H,26,28)(H,29,30). The van der Waals surface area contributed by atoms with Gasteiger partial charge in [0.15, 0.2) is 5.60 Å². The van der Waals surface area contributed by atoms with Crippen LogP contribution in [0.5, 0.6) is 5.75 Å². The lowest BCUT2D eigenvalue weighted by Gasteiger charge is -2.38. The van der Waals surface area contributed by atoms with Crippen molar-refractivity contribution in [3.63, 3.8) is 0 Å². The van der Waals surface area contributed by atoms with Gasteiger partial charge in [0.2, 0.25) is 5.91 Å². The van der Waals surface area contributed by atoms with Gasteiger partial charge >= 0.3 is 5.97 Å². The van der Waals surface area contributed by atoms with E-state index in [4.69, 9.17) is 4.74 Å². The Kier molecular flexibility index (Phi) is 6.30. The van der Waals surface area contributed by atoms with Crippen molar-refractivity contribution in [2.75, 3.05) is 16.8 Å². The first-order chi connectivity index (χ1) is 14.9. The molecule has 170 valence electrons. The van der Waals surface area contributed by atoms with Gasteiger partial charge in [-0.25, -0.2) is 4.79 Å². The molecular weight excluding hydrogens is 408 g/mol. The fourth-order valence-corrected chi connectivity index (χ4v) is 3.88. The van der Waals surface area contributed by atoms with Crippen molar-refractivity contribution in [3.8, 4) is 5.75 Å². The van der Waals surface area contributed by atoms with Gasteiger partial charge in [-0.2, -0.15) is 0 Å². The van der Waals surface area contributed by atoms with Crippen molar-refractivity contribution in [2.45, 2.75) is 59.0 Å². The summed E-state index contributed by atoms with van der Waals surface area (Å²) in [6.07, 6.45) is 0. The summed E-state index contributed by atoms with van der Waals surface area (Å²) < 4.78 is 5.77. The van der Waals surface area contributed by atoms with Gasteiger partial charge in [0.05, 0.1) is 11.3 Å². The summed E-state index contributed by atoms with van der Waals surface area (Å²) in [5.74, 6) is -1.12. The Hall–Kier alpha value is -3.35. The number of ether oxygens (including phenoxy) is 1. The number of anilines is 2. The second-order valence-electron chi connectivity index (χ2n) is 9.16. The minimum absolute atomic E-state index is 0.0470. The number of carboxylic acid groups (broad SMARTS) is 1. The van der Waals surface area contributed by atoms with E-state index in [1.165, 1.54) is 23.1 Å². The van der Waals surface area contributed by atoms with Crippen molar-refractivity contribution in [2.24, 2.45) is 0 Å². The van der Waals surface area contributed by atoms with E-state index >= 15 is 0 Å². The number of para-hydroxylation sites is 1. The van der Waals surface area contributed by atoms with E-state index in [9.17, 15) is 19.5 Å². The van der Waals surface area contributed by atoms with Gasteiger partial charge in [-0.15, -0.1) is 0 Å². The molecule has 0 atom stereocenters. The Labute approximate surface area is 188 Å². The summed E-state index contributed by atoms with van der Waals surface area (Å²) in [6.45, 7) is 11.3. The number of amides is 2. The Morgan fingerprint density at radius 2 is 1.66 bits per heavy atom. The average Bonchev–Trinajstić information content (AvgIpc) is 2.70. The van der Waals surface area contributed by atoms with Crippen LogP contribution in [0.1, 0.15) is 74.9 Å². The molecule has 0 saturated carbocycles. The van der Waals surface area contributed by atoms with Crippen molar-refractivity contribution >= 4 is 29.2 Å². The Morgan fingerprint density at radius 1 is 1.06 bits per heavy atom. The van der Waals surface area contributed by atoms with Gasteiger partial charge in [0.1, 0.15) is 12.3 Å². The Morgan fingerprint density at radius 3 is 2.19 bits per heavy atom. The number of carboxylic acids is 1. The maximum Gasteiger partial charge on any atom is 0.335 e. The minimum Gasteiger partial charge on any atom is -0.478 e. The SMILES string of the molecule is CC(C)c1cccc(C(C)C)c1NC(=O)CN1C(=O)C(C)(C)Oc2cc(C(=O)O)ccc21. The van der Waals surface area contributed by atoms with E-state index in [-0.39, 0.29) is 41.5 Å². The number of rotatable bonds is 6. The molecule has 2 N–H and O–H groups in total. The zero-order valence-electron chi connectivity index (χ0n) is 19.4. The van der Waals surface area contributed by atoms with Crippen LogP contribution in [0.2, 0.25) is 0 Å². The van der Waals surface area contributed by atoms with E-state index in [0.717, 1.165) is 16.8 Å². The number of nitrogens with zero attached hydrogens (tertiary/aromatic N) is 1. The van der Waals surface area contributed by atoms with Crippen LogP contribution in [-0.2, 0) is 9.59 Å². The number of benzene rings is 2. The molecule has 32 heavy (non-hydrogen) atoms. The van der Waals surface area contributed by atoms with Gasteiger partial charge in [0.25, 0.3) is 5.91 Å². The van der Waals surface area contributed by atoms with Crippen LogP contribution >= 0.6 is 0 Å². The third kappa shape index (κ3) is 4.47. The van der Waals surface area contributed by atoms with Crippen LogP contribution in [0.15, 0.2) is 36.4 Å². The molecule has 0 unspecified atom stereocenters. The van der Waals surface area contributed by atoms with Gasteiger partial charge in [-0.05, 0) is 55.0 Å². The van der Waals surface area contributed by atoms with E-state index in [1.807, 2.05) is 18.2 Å². The summed E-state index contributed by atoms with van der Waals surface area (Å²) in [5, 5.41) is 12.3. The highest BCUT2D eigenvalue weighted by atomic mass is 16.5. The minimum atomic E-state index is -1.23. The quantitative estimate of drug-likeness (QED) is 0.677. The maximum absolute atomic E-state index is 13.1. The van der Waals surface area contributed by atoms with Gasteiger partial charge in [-0.1, -0.05) is 45.9 Å². The number of hydrogen-bond donors (Lipinski definition) is 2. The van der Waals surface area contributed by atoms with Gasteiger partial charge in [0, 0.05) is 5.69 Å². The Bertz CT molecular complexity index is 1050. The number of nitrogens with one attached hydrogen (secondary N) is 1. The molecule has 2 aromatic carbocycles. The highest BCUT2D eigenvalue weighted by molar-refractivity contribution is 6.08. The number of aromatic carboxylic acids is 1. The molecule has 2 aromatic rings. The smallest absolute Gasteiger partial charge is 0.335 e. The van der Waals surface area contributed by atoms with E-state index in [2.05, 4.69) is 33.0 Å². The fraction of sp³-hybridized carbons (Fsp3) is 0.400. The first-order valence-electron chi connectivity index (χ1n) is 10.7. The molecule has 3 rings (SSSR count). The molecule has 0 saturated heterocycles. The summed E-state index contributed by atoms with van der Waals surface area (Å²) in [5.41, 5.74) is 2.03. The number of carbonyl (C=O) groups is 3. The fourth-order valence-electron chi connectivity index (χ4n) is 3.88. The van der Waals surface area contributed by atoms with E-state index < -0.39 is 11.6 Å². The van der Waals surface area contributed by atoms with Crippen molar-refractivity contribution in [1.29, 1.82) is 0 Å². The van der Waals surface area contributed by atoms with Crippen LogP contribution in [0.4, 0.5) is 11.4 Å². The number of fused-ring (bicyclic) bond motifs is 1. The van der Waals surface area contributed by atoms with Crippen LogP contribution in [0.3, 0.4) is 0 Å². The van der Waals surface area contributed by atoms with E-state index in [0.29, 0.717) is 5.69 Å². The predicted octanol–water partition coefficient (Wildman–Crippen LogP) is 4.77. The summed E-state index contributed by atoms with van der Waals surface area (Å²) in [6, 6.07) is 10.3. The maximum atomic E-state index is 13.1. The molecule has 1 aliphatic heterocycles. The molecule has 1 aliphatic rings. The number of carbonyl (C=O) groups excluding carboxylic acids is 2. The molecule has 2 amide bonds. The third-order valence-electron chi connectivity index (χ3n) is 5.56. The van der Waals surface area contributed by atoms with Crippen LogP contribution in [0, 0.1) is 0 Å². The second-order valence-corrected chi connectivity index (χ2v) is 9.16. The highest BCUT2D eigenvalue weighted by Crippen LogP contribution is 2.39. The molecule has 7 nitrogen and oxygen atoms in total. The predicted molar refractivity (Wildman–Crippen MR) is 124 cm³/mol. The molecule has 7 heteroatoms. The van der Waals surface area contributed by atoms with Crippen LogP contribution in [-0.4, -0.2) is 35.0 Å². The molecular formula is C25H30N2O5. The van der Waals surface area contributed by atoms with Crippen molar-refractivity contribution < 1.29 is 24.2 Å². The normalized spacial score (nSPS) is 14.9. The monoisotopic (exact) mass is 438 g/mol. The molecule has 0 radical (unpaired) electrons. The summed E-state index contributed by atoms with van der Waals surface area (Å²) in [4.78, 5) is 38.9. The zero-order chi connectivity index (χ0) is 23.8. The molecule has 0 aromatic heterocycles. The average molecular weight is 439 g/mol. The first kappa shape index (κ1) is 23.3.